The molecule has 0 radical (unpaired) electrons. The molecule has 0 aliphatic heterocycles. The summed E-state index contributed by atoms with van der Waals surface area (Å²) in [4.78, 5) is 0. The molecular formula is C11H15N. The van der Waals surface area contributed by atoms with Gasteiger partial charge in [0.2, 0.25) is 0 Å². The highest BCUT2D eigenvalue weighted by Crippen LogP contribution is 2.36. The SMILES string of the molecule is CNC1CCC1c1ccccc1. The molecule has 0 heterocycles. The van der Waals surface area contributed by atoms with Crippen LogP contribution in [0, 0.1) is 0 Å². The quantitative estimate of drug-likeness (QED) is 0.700. The summed E-state index contributed by atoms with van der Waals surface area (Å²) >= 11 is 0. The lowest BCUT2D eigenvalue weighted by molar-refractivity contribution is 0.300. The summed E-state index contributed by atoms with van der Waals surface area (Å²) in [5.74, 6) is 0.760. The van der Waals surface area contributed by atoms with E-state index in [1.54, 1.807) is 0 Å². The lowest BCUT2D eigenvalue weighted by Gasteiger charge is -2.36. The first-order valence-corrected chi connectivity index (χ1v) is 4.64. The van der Waals surface area contributed by atoms with Crippen LogP contribution in [0.1, 0.15) is 24.3 Å². The lowest BCUT2D eigenvalue weighted by atomic mass is 9.75. The summed E-state index contributed by atoms with van der Waals surface area (Å²) in [6, 6.07) is 11.5. The number of hydrogen-bond donors (Lipinski definition) is 1. The first-order valence-electron chi connectivity index (χ1n) is 4.64. The van der Waals surface area contributed by atoms with Gasteiger partial charge in [-0.1, -0.05) is 30.3 Å². The summed E-state index contributed by atoms with van der Waals surface area (Å²) < 4.78 is 0. The maximum absolute atomic E-state index is 3.35. The molecule has 0 aromatic heterocycles. The molecule has 0 spiro atoms. The van der Waals surface area contributed by atoms with Crippen LogP contribution in [0.5, 0.6) is 0 Å². The normalized spacial score (nSPS) is 28.1. The van der Waals surface area contributed by atoms with E-state index >= 15 is 0 Å². The van der Waals surface area contributed by atoms with Crippen LogP contribution in [0.3, 0.4) is 0 Å². The Balaban J connectivity index is 2.11. The number of hydrogen-bond acceptors (Lipinski definition) is 1. The highest BCUT2D eigenvalue weighted by Gasteiger charge is 2.30. The fraction of sp³-hybridized carbons (Fsp3) is 0.455. The Morgan fingerprint density at radius 1 is 1.17 bits per heavy atom. The molecule has 1 saturated carbocycles. The molecule has 2 rings (SSSR count). The second-order valence-corrected chi connectivity index (χ2v) is 3.49. The van der Waals surface area contributed by atoms with Crippen molar-refractivity contribution < 1.29 is 0 Å². The van der Waals surface area contributed by atoms with Gasteiger partial charge in [-0.25, -0.2) is 0 Å². The zero-order valence-electron chi connectivity index (χ0n) is 7.46. The van der Waals surface area contributed by atoms with Crippen LogP contribution in [0.25, 0.3) is 0 Å². The minimum Gasteiger partial charge on any atom is -0.316 e. The van der Waals surface area contributed by atoms with Gasteiger partial charge in [-0.15, -0.1) is 0 Å². The topological polar surface area (TPSA) is 12.0 Å². The molecule has 1 aliphatic carbocycles. The van der Waals surface area contributed by atoms with Crippen molar-refractivity contribution in [3.8, 4) is 0 Å². The third-order valence-corrected chi connectivity index (χ3v) is 2.87. The van der Waals surface area contributed by atoms with E-state index in [4.69, 9.17) is 0 Å². The summed E-state index contributed by atoms with van der Waals surface area (Å²) in [6.07, 6.45) is 2.67. The first kappa shape index (κ1) is 7.81. The smallest absolute Gasteiger partial charge is 0.0133 e. The summed E-state index contributed by atoms with van der Waals surface area (Å²) in [7, 11) is 2.06. The van der Waals surface area contributed by atoms with E-state index in [9.17, 15) is 0 Å². The molecule has 1 aromatic carbocycles. The van der Waals surface area contributed by atoms with E-state index < -0.39 is 0 Å². The maximum atomic E-state index is 3.35. The number of likely N-dealkylation sites (N-methyl/N-ethyl adjacent to an activating group) is 1. The number of nitrogens with one attached hydrogen (secondary N) is 1. The van der Waals surface area contributed by atoms with Crippen molar-refractivity contribution in [3.63, 3.8) is 0 Å². The third-order valence-electron chi connectivity index (χ3n) is 2.87. The van der Waals surface area contributed by atoms with Crippen LogP contribution in [-0.2, 0) is 0 Å². The van der Waals surface area contributed by atoms with E-state index in [-0.39, 0.29) is 0 Å². The van der Waals surface area contributed by atoms with E-state index in [2.05, 4.69) is 42.7 Å². The molecule has 1 aliphatic rings. The minimum absolute atomic E-state index is 0.715. The third kappa shape index (κ3) is 1.25. The largest absolute Gasteiger partial charge is 0.316 e. The van der Waals surface area contributed by atoms with Gasteiger partial charge in [-0.05, 0) is 31.4 Å². The Morgan fingerprint density at radius 2 is 1.92 bits per heavy atom. The molecule has 2 unspecified atom stereocenters. The molecule has 0 bridgehead atoms. The molecule has 12 heavy (non-hydrogen) atoms. The van der Waals surface area contributed by atoms with Gasteiger partial charge in [0.15, 0.2) is 0 Å². The Kier molecular flexibility index (Phi) is 2.13. The monoisotopic (exact) mass is 161 g/mol. The molecule has 1 N–H and O–H groups in total. The van der Waals surface area contributed by atoms with E-state index in [1.807, 2.05) is 0 Å². The average molecular weight is 161 g/mol. The van der Waals surface area contributed by atoms with Crippen molar-refractivity contribution >= 4 is 0 Å². The molecule has 1 fully saturated rings. The predicted octanol–water partition coefficient (Wildman–Crippen LogP) is 2.15. The van der Waals surface area contributed by atoms with Gasteiger partial charge in [0, 0.05) is 6.04 Å². The van der Waals surface area contributed by atoms with Crippen molar-refractivity contribution in [2.24, 2.45) is 0 Å². The Hall–Kier alpha value is -0.820. The highest BCUT2D eigenvalue weighted by molar-refractivity contribution is 5.23. The zero-order chi connectivity index (χ0) is 8.39. The standard InChI is InChI=1S/C11H15N/c1-12-11-8-7-10(11)9-5-3-2-4-6-9/h2-6,10-12H,7-8H2,1H3. The van der Waals surface area contributed by atoms with Crippen molar-refractivity contribution in [3.05, 3.63) is 35.9 Å². The van der Waals surface area contributed by atoms with Crippen molar-refractivity contribution in [1.82, 2.24) is 5.32 Å². The van der Waals surface area contributed by atoms with E-state index in [0.29, 0.717) is 6.04 Å². The van der Waals surface area contributed by atoms with Crippen LogP contribution in [0.15, 0.2) is 30.3 Å². The van der Waals surface area contributed by atoms with Crippen LogP contribution >= 0.6 is 0 Å². The minimum atomic E-state index is 0.715. The molecule has 1 aromatic rings. The van der Waals surface area contributed by atoms with Crippen molar-refractivity contribution in [2.45, 2.75) is 24.8 Å². The molecule has 0 saturated heterocycles. The summed E-state index contributed by atoms with van der Waals surface area (Å²) in [5, 5.41) is 3.35. The first-order chi connectivity index (χ1) is 5.92. The Labute approximate surface area is 73.8 Å². The summed E-state index contributed by atoms with van der Waals surface area (Å²) in [6.45, 7) is 0. The van der Waals surface area contributed by atoms with Gasteiger partial charge >= 0.3 is 0 Å². The van der Waals surface area contributed by atoms with Gasteiger partial charge in [0.05, 0.1) is 0 Å². The van der Waals surface area contributed by atoms with Gasteiger partial charge in [0.1, 0.15) is 0 Å². The Morgan fingerprint density at radius 3 is 2.42 bits per heavy atom. The molecule has 1 nitrogen and oxygen atoms in total. The van der Waals surface area contributed by atoms with Crippen LogP contribution in [0.4, 0.5) is 0 Å². The molecule has 2 atom stereocenters. The van der Waals surface area contributed by atoms with E-state index in [0.717, 1.165) is 5.92 Å². The number of benzene rings is 1. The number of rotatable bonds is 2. The second-order valence-electron chi connectivity index (χ2n) is 3.49. The van der Waals surface area contributed by atoms with Crippen molar-refractivity contribution in [2.75, 3.05) is 7.05 Å². The molecular weight excluding hydrogens is 146 g/mol. The van der Waals surface area contributed by atoms with Gasteiger partial charge < -0.3 is 5.32 Å². The van der Waals surface area contributed by atoms with Crippen LogP contribution in [-0.4, -0.2) is 13.1 Å². The molecule has 0 amide bonds. The zero-order valence-corrected chi connectivity index (χ0v) is 7.46. The van der Waals surface area contributed by atoms with Gasteiger partial charge in [0.25, 0.3) is 0 Å². The maximum Gasteiger partial charge on any atom is 0.0133 e. The van der Waals surface area contributed by atoms with Crippen molar-refractivity contribution in [1.29, 1.82) is 0 Å². The lowest BCUT2D eigenvalue weighted by Crippen LogP contribution is -2.40. The molecule has 64 valence electrons. The van der Waals surface area contributed by atoms with Gasteiger partial charge in [-0.2, -0.15) is 0 Å². The fourth-order valence-electron chi connectivity index (χ4n) is 1.94. The van der Waals surface area contributed by atoms with E-state index in [1.165, 1.54) is 18.4 Å². The van der Waals surface area contributed by atoms with Crippen LogP contribution in [0.2, 0.25) is 0 Å². The average Bonchev–Trinajstić information content (AvgIpc) is 2.05. The fourth-order valence-corrected chi connectivity index (χ4v) is 1.94. The summed E-state index contributed by atoms with van der Waals surface area (Å²) in [5.41, 5.74) is 1.49. The molecule has 1 heteroatoms. The van der Waals surface area contributed by atoms with Crippen LogP contribution < -0.4 is 5.32 Å². The predicted molar refractivity (Wildman–Crippen MR) is 51.3 cm³/mol. The Bertz CT molecular complexity index is 240. The highest BCUT2D eigenvalue weighted by atomic mass is 14.9. The van der Waals surface area contributed by atoms with Gasteiger partial charge in [-0.3, -0.25) is 0 Å². The second kappa shape index (κ2) is 3.28.